The molecule has 4 rings (SSSR count). The molecular weight excluding hydrogens is 438 g/mol. The van der Waals surface area contributed by atoms with Crippen LogP contribution in [0.15, 0.2) is 84.9 Å². The predicted octanol–water partition coefficient (Wildman–Crippen LogP) is 7.24. The molecule has 0 saturated carbocycles. The molecule has 0 unspecified atom stereocenters. The number of methoxy groups -OCH3 is 1. The highest BCUT2D eigenvalue weighted by molar-refractivity contribution is 6.04. The molecule has 1 N–H and O–H groups in total. The van der Waals surface area contributed by atoms with Gasteiger partial charge in [-0.3, -0.25) is 4.79 Å². The molecule has 0 fully saturated rings. The maximum absolute atomic E-state index is 12.9. The number of para-hydroxylation sites is 1. The van der Waals surface area contributed by atoms with Gasteiger partial charge in [0.2, 0.25) is 0 Å². The van der Waals surface area contributed by atoms with E-state index in [1.165, 1.54) is 5.56 Å². The zero-order valence-corrected chi connectivity index (χ0v) is 20.4. The second-order valence-corrected chi connectivity index (χ2v) is 8.41. The fourth-order valence-electron chi connectivity index (χ4n) is 3.77. The van der Waals surface area contributed by atoms with Crippen molar-refractivity contribution in [2.45, 2.75) is 27.4 Å². The molecule has 0 heterocycles. The van der Waals surface area contributed by atoms with E-state index in [0.29, 0.717) is 29.4 Å². The van der Waals surface area contributed by atoms with E-state index in [9.17, 15) is 4.79 Å². The average Bonchev–Trinajstić information content (AvgIpc) is 2.87. The molecule has 5 nitrogen and oxygen atoms in total. The van der Waals surface area contributed by atoms with E-state index in [2.05, 4.69) is 18.3 Å². The van der Waals surface area contributed by atoms with E-state index in [4.69, 9.17) is 14.2 Å². The Hall–Kier alpha value is -4.25. The first-order valence-corrected chi connectivity index (χ1v) is 11.4. The molecule has 1 amide bonds. The number of carbonyl (C=O) groups is 1. The van der Waals surface area contributed by atoms with Gasteiger partial charge in [-0.05, 0) is 98.1 Å². The third kappa shape index (κ3) is 6.01. The summed E-state index contributed by atoms with van der Waals surface area (Å²) in [5.74, 6) is 2.74. The van der Waals surface area contributed by atoms with E-state index in [-0.39, 0.29) is 5.91 Å². The molecule has 4 aromatic carbocycles. The molecule has 0 aliphatic heterocycles. The third-order valence-corrected chi connectivity index (χ3v) is 5.78. The smallest absolute Gasteiger partial charge is 0.255 e. The quantitative estimate of drug-likeness (QED) is 0.297. The van der Waals surface area contributed by atoms with Gasteiger partial charge in [-0.15, -0.1) is 0 Å². The molecule has 4 aromatic rings. The zero-order valence-electron chi connectivity index (χ0n) is 20.4. The summed E-state index contributed by atoms with van der Waals surface area (Å²) in [6.07, 6.45) is 0. The molecule has 5 heteroatoms. The lowest BCUT2D eigenvalue weighted by molar-refractivity contribution is 0.102. The van der Waals surface area contributed by atoms with E-state index >= 15 is 0 Å². The van der Waals surface area contributed by atoms with Crippen LogP contribution in [-0.4, -0.2) is 13.0 Å². The van der Waals surface area contributed by atoms with Crippen LogP contribution < -0.4 is 19.5 Å². The number of rotatable bonds is 8. The number of hydrogen-bond donors (Lipinski definition) is 1. The summed E-state index contributed by atoms with van der Waals surface area (Å²) in [7, 11) is 1.61. The van der Waals surface area contributed by atoms with Crippen molar-refractivity contribution in [3.63, 3.8) is 0 Å². The van der Waals surface area contributed by atoms with Gasteiger partial charge >= 0.3 is 0 Å². The topological polar surface area (TPSA) is 56.8 Å². The van der Waals surface area contributed by atoms with Gasteiger partial charge in [0.05, 0.1) is 7.11 Å². The van der Waals surface area contributed by atoms with Gasteiger partial charge in [0.25, 0.3) is 5.91 Å². The summed E-state index contributed by atoms with van der Waals surface area (Å²) in [6, 6.07) is 26.3. The van der Waals surface area contributed by atoms with Crippen molar-refractivity contribution in [1.29, 1.82) is 0 Å². The molecule has 0 atom stereocenters. The summed E-state index contributed by atoms with van der Waals surface area (Å²) in [5, 5.41) is 2.94. The summed E-state index contributed by atoms with van der Waals surface area (Å²) in [4.78, 5) is 12.9. The summed E-state index contributed by atoms with van der Waals surface area (Å²) in [6.45, 7) is 6.45. The van der Waals surface area contributed by atoms with Crippen LogP contribution in [0, 0.1) is 20.8 Å². The van der Waals surface area contributed by atoms with Gasteiger partial charge in [0, 0.05) is 16.8 Å². The maximum Gasteiger partial charge on any atom is 0.255 e. The molecule has 0 bridgehead atoms. The van der Waals surface area contributed by atoms with Crippen LogP contribution in [0.4, 0.5) is 5.69 Å². The Morgan fingerprint density at radius 3 is 2.23 bits per heavy atom. The minimum absolute atomic E-state index is 0.215. The Morgan fingerprint density at radius 2 is 1.51 bits per heavy atom. The van der Waals surface area contributed by atoms with E-state index in [1.54, 1.807) is 25.3 Å². The summed E-state index contributed by atoms with van der Waals surface area (Å²) in [5.41, 5.74) is 5.41. The highest BCUT2D eigenvalue weighted by atomic mass is 16.5. The normalized spacial score (nSPS) is 10.5. The molecule has 178 valence electrons. The number of amides is 1. The molecule has 0 spiro atoms. The Labute approximate surface area is 206 Å². The molecule has 0 aliphatic rings. The lowest BCUT2D eigenvalue weighted by atomic mass is 10.1. The predicted molar refractivity (Wildman–Crippen MR) is 139 cm³/mol. The molecule has 0 aliphatic carbocycles. The van der Waals surface area contributed by atoms with Crippen molar-refractivity contribution >= 4 is 11.6 Å². The first kappa shape index (κ1) is 23.9. The standard InChI is InChI=1S/C30H29NO4/c1-20-16-21(2)22(3)29(17-20)34-19-24-18-23(10-15-28(24)33-4)30(32)31-25-11-13-27(14-12-25)35-26-8-6-5-7-9-26/h5-18H,19H2,1-4H3,(H,31,32). The van der Waals surface area contributed by atoms with Gasteiger partial charge in [-0.1, -0.05) is 24.3 Å². The van der Waals surface area contributed by atoms with Gasteiger partial charge in [0.1, 0.15) is 29.6 Å². The third-order valence-electron chi connectivity index (χ3n) is 5.78. The van der Waals surface area contributed by atoms with Crippen molar-refractivity contribution in [1.82, 2.24) is 0 Å². The molecule has 35 heavy (non-hydrogen) atoms. The van der Waals surface area contributed by atoms with E-state index in [0.717, 1.165) is 28.2 Å². The Balaban J connectivity index is 1.45. The van der Waals surface area contributed by atoms with Gasteiger partial charge in [-0.25, -0.2) is 0 Å². The highest BCUT2D eigenvalue weighted by Crippen LogP contribution is 2.27. The van der Waals surface area contributed by atoms with Crippen LogP contribution in [-0.2, 0) is 6.61 Å². The van der Waals surface area contributed by atoms with Crippen molar-refractivity contribution in [2.75, 3.05) is 12.4 Å². The van der Waals surface area contributed by atoms with Gasteiger partial charge in [-0.2, -0.15) is 0 Å². The number of anilines is 1. The van der Waals surface area contributed by atoms with Crippen molar-refractivity contribution in [2.24, 2.45) is 0 Å². The second kappa shape index (κ2) is 10.8. The largest absolute Gasteiger partial charge is 0.496 e. The van der Waals surface area contributed by atoms with Gasteiger partial charge < -0.3 is 19.5 Å². The van der Waals surface area contributed by atoms with E-state index in [1.807, 2.05) is 74.5 Å². The van der Waals surface area contributed by atoms with E-state index < -0.39 is 0 Å². The van der Waals surface area contributed by atoms with Crippen LogP contribution in [0.5, 0.6) is 23.0 Å². The number of hydrogen-bond acceptors (Lipinski definition) is 4. The minimum atomic E-state index is -0.215. The SMILES string of the molecule is COc1ccc(C(=O)Nc2ccc(Oc3ccccc3)cc2)cc1COc1cc(C)cc(C)c1C. The van der Waals surface area contributed by atoms with Gasteiger partial charge in [0.15, 0.2) is 0 Å². The molecular formula is C30H29NO4. The summed E-state index contributed by atoms with van der Waals surface area (Å²) >= 11 is 0. The minimum Gasteiger partial charge on any atom is -0.496 e. The molecule has 0 radical (unpaired) electrons. The Kier molecular flexibility index (Phi) is 7.36. The monoisotopic (exact) mass is 467 g/mol. The molecule has 0 aromatic heterocycles. The van der Waals surface area contributed by atoms with Crippen molar-refractivity contribution in [3.8, 4) is 23.0 Å². The van der Waals surface area contributed by atoms with Crippen LogP contribution in [0.2, 0.25) is 0 Å². The average molecular weight is 468 g/mol. The number of benzene rings is 4. The Bertz CT molecular complexity index is 1310. The van der Waals surface area contributed by atoms with Crippen LogP contribution in [0.3, 0.4) is 0 Å². The fraction of sp³-hybridized carbons (Fsp3) is 0.167. The lowest BCUT2D eigenvalue weighted by Crippen LogP contribution is -2.13. The van der Waals surface area contributed by atoms with Crippen LogP contribution >= 0.6 is 0 Å². The van der Waals surface area contributed by atoms with Crippen LogP contribution in [0.25, 0.3) is 0 Å². The summed E-state index contributed by atoms with van der Waals surface area (Å²) < 4.78 is 17.4. The first-order chi connectivity index (χ1) is 16.9. The lowest BCUT2D eigenvalue weighted by Gasteiger charge is -2.15. The first-order valence-electron chi connectivity index (χ1n) is 11.4. The number of nitrogens with one attached hydrogen (secondary N) is 1. The van der Waals surface area contributed by atoms with Crippen LogP contribution in [0.1, 0.15) is 32.6 Å². The zero-order chi connectivity index (χ0) is 24.8. The maximum atomic E-state index is 12.9. The number of aryl methyl sites for hydroxylation is 2. The Morgan fingerprint density at radius 1 is 0.800 bits per heavy atom. The highest BCUT2D eigenvalue weighted by Gasteiger charge is 2.13. The fourth-order valence-corrected chi connectivity index (χ4v) is 3.77. The van der Waals surface area contributed by atoms with Crippen molar-refractivity contribution in [3.05, 3.63) is 113 Å². The van der Waals surface area contributed by atoms with Crippen molar-refractivity contribution < 1.29 is 19.0 Å². The second-order valence-electron chi connectivity index (χ2n) is 8.41. The number of ether oxygens (including phenoxy) is 3. The molecule has 0 saturated heterocycles. The number of carbonyl (C=O) groups excluding carboxylic acids is 1.